The van der Waals surface area contributed by atoms with Gasteiger partial charge in [0.2, 0.25) is 0 Å². The lowest BCUT2D eigenvalue weighted by Crippen LogP contribution is -2.30. The van der Waals surface area contributed by atoms with Gasteiger partial charge in [-0.05, 0) is 25.1 Å². The van der Waals surface area contributed by atoms with Crippen LogP contribution in [-0.4, -0.2) is 37.3 Å². The average molecular weight is 406 g/mol. The number of nitrogens with one attached hydrogen (secondary N) is 3. The van der Waals surface area contributed by atoms with E-state index in [1.165, 1.54) is 22.7 Å². The van der Waals surface area contributed by atoms with E-state index in [0.717, 1.165) is 0 Å². The fourth-order valence-corrected chi connectivity index (χ4v) is 3.58. The molecular weight excluding hydrogens is 394 g/mol. The summed E-state index contributed by atoms with van der Waals surface area (Å²) in [7, 11) is 0. The third-order valence-corrected chi connectivity index (χ3v) is 4.87. The Balaban J connectivity index is 1.48. The highest BCUT2D eigenvalue weighted by molar-refractivity contribution is 7.15. The number of hydrogen-bond donors (Lipinski definition) is 3. The zero-order valence-electron chi connectivity index (χ0n) is 13.8. The molecule has 0 unspecified atom stereocenters. The first kappa shape index (κ1) is 17.3. The molecule has 0 aliphatic carbocycles. The molecule has 0 spiro atoms. The van der Waals surface area contributed by atoms with E-state index in [9.17, 15) is 14.4 Å². The van der Waals surface area contributed by atoms with E-state index in [1.807, 2.05) is 0 Å². The second-order valence-electron chi connectivity index (χ2n) is 5.68. The normalized spacial score (nSPS) is 12.4. The maximum atomic E-state index is 12.4. The summed E-state index contributed by atoms with van der Waals surface area (Å²) in [6.45, 7) is 1.45. The van der Waals surface area contributed by atoms with E-state index < -0.39 is 18.0 Å². The summed E-state index contributed by atoms with van der Waals surface area (Å²) < 4.78 is 6.73. The number of H-pyrrole nitrogens is 2. The second-order valence-corrected chi connectivity index (χ2v) is 6.91. The zero-order valence-corrected chi connectivity index (χ0v) is 15.4. The Hall–Kier alpha value is -3.11. The molecule has 3 aromatic heterocycles. The predicted molar refractivity (Wildman–Crippen MR) is 101 cm³/mol. The minimum absolute atomic E-state index is 0.0151. The van der Waals surface area contributed by atoms with E-state index in [0.29, 0.717) is 21.7 Å². The standard InChI is InChI=1S/C16H12ClN5O4S/c1-7(26-14(24)11-12(17)21-16-22(11)4-5-27-16)13(23)18-8-2-3-9-10(6-8)20-15(25)19-9/h2-7H,1H3,(H,18,23)(H2,19,20,25)/t7-/m1/s1. The summed E-state index contributed by atoms with van der Waals surface area (Å²) in [6.07, 6.45) is 0.575. The van der Waals surface area contributed by atoms with Crippen LogP contribution in [0.3, 0.4) is 0 Å². The molecule has 1 amide bonds. The Morgan fingerprint density at radius 2 is 2.11 bits per heavy atom. The van der Waals surface area contributed by atoms with Gasteiger partial charge in [0.25, 0.3) is 5.91 Å². The maximum absolute atomic E-state index is 12.4. The van der Waals surface area contributed by atoms with Crippen LogP contribution in [-0.2, 0) is 9.53 Å². The molecule has 0 fully saturated rings. The molecule has 0 radical (unpaired) electrons. The number of ether oxygens (including phenoxy) is 1. The van der Waals surface area contributed by atoms with Gasteiger partial charge in [0.1, 0.15) is 0 Å². The number of rotatable bonds is 4. The molecule has 0 aliphatic rings. The van der Waals surface area contributed by atoms with Gasteiger partial charge in [-0.15, -0.1) is 11.3 Å². The summed E-state index contributed by atoms with van der Waals surface area (Å²) >= 11 is 7.32. The highest BCUT2D eigenvalue weighted by Crippen LogP contribution is 2.22. The third kappa shape index (κ3) is 3.20. The molecule has 1 atom stereocenters. The average Bonchev–Trinajstić information content (AvgIpc) is 3.27. The largest absolute Gasteiger partial charge is 0.448 e. The van der Waals surface area contributed by atoms with Crippen molar-refractivity contribution in [2.45, 2.75) is 13.0 Å². The Bertz CT molecular complexity index is 1240. The SMILES string of the molecule is C[C@@H](OC(=O)c1c(Cl)nc2sccn12)C(=O)Nc1ccc2[nH]c(=O)[nH]c2c1. The Kier molecular flexibility index (Phi) is 4.21. The molecule has 3 N–H and O–H groups in total. The predicted octanol–water partition coefficient (Wildman–Crippen LogP) is 2.40. The number of benzene rings is 1. The zero-order chi connectivity index (χ0) is 19.1. The number of anilines is 1. The van der Waals surface area contributed by atoms with Crippen molar-refractivity contribution in [1.82, 2.24) is 19.4 Å². The van der Waals surface area contributed by atoms with Crippen molar-refractivity contribution in [1.29, 1.82) is 0 Å². The number of fused-ring (bicyclic) bond motifs is 2. The van der Waals surface area contributed by atoms with Gasteiger partial charge in [-0.1, -0.05) is 11.6 Å². The highest BCUT2D eigenvalue weighted by atomic mass is 35.5. The van der Waals surface area contributed by atoms with E-state index in [2.05, 4.69) is 20.3 Å². The molecule has 0 bridgehead atoms. The van der Waals surface area contributed by atoms with Gasteiger partial charge >= 0.3 is 11.7 Å². The van der Waals surface area contributed by atoms with Crippen molar-refractivity contribution < 1.29 is 14.3 Å². The van der Waals surface area contributed by atoms with Gasteiger partial charge in [-0.25, -0.2) is 14.6 Å². The lowest BCUT2D eigenvalue weighted by Gasteiger charge is -2.13. The molecule has 0 aliphatic heterocycles. The van der Waals surface area contributed by atoms with Crippen LogP contribution in [0.4, 0.5) is 5.69 Å². The van der Waals surface area contributed by atoms with Gasteiger partial charge in [0, 0.05) is 17.3 Å². The van der Waals surface area contributed by atoms with Crippen LogP contribution in [0.15, 0.2) is 34.6 Å². The number of aromatic nitrogens is 4. The first-order chi connectivity index (χ1) is 12.9. The molecule has 138 valence electrons. The van der Waals surface area contributed by atoms with Crippen molar-refractivity contribution in [3.05, 3.63) is 51.1 Å². The number of thiazole rings is 1. The number of aromatic amines is 2. The number of imidazole rings is 2. The van der Waals surface area contributed by atoms with E-state index in [4.69, 9.17) is 16.3 Å². The van der Waals surface area contributed by atoms with E-state index in [1.54, 1.807) is 29.8 Å². The van der Waals surface area contributed by atoms with E-state index in [-0.39, 0.29) is 16.5 Å². The van der Waals surface area contributed by atoms with Gasteiger partial charge in [-0.2, -0.15) is 0 Å². The fourth-order valence-electron chi connectivity index (χ4n) is 2.57. The monoisotopic (exact) mass is 405 g/mol. The van der Waals surface area contributed by atoms with Crippen LogP contribution in [0.2, 0.25) is 5.15 Å². The lowest BCUT2D eigenvalue weighted by molar-refractivity contribution is -0.123. The van der Waals surface area contributed by atoms with Gasteiger partial charge in [-0.3, -0.25) is 9.20 Å². The Morgan fingerprint density at radius 1 is 1.33 bits per heavy atom. The summed E-state index contributed by atoms with van der Waals surface area (Å²) in [5.41, 5.74) is 1.35. The minimum atomic E-state index is -1.07. The maximum Gasteiger partial charge on any atom is 0.359 e. The molecule has 1 aromatic carbocycles. The number of esters is 1. The molecule has 9 nitrogen and oxygen atoms in total. The van der Waals surface area contributed by atoms with Crippen LogP contribution in [0.5, 0.6) is 0 Å². The van der Waals surface area contributed by atoms with Crippen LogP contribution >= 0.6 is 22.9 Å². The summed E-state index contributed by atoms with van der Waals surface area (Å²) in [6, 6.07) is 4.88. The van der Waals surface area contributed by atoms with Crippen molar-refractivity contribution in [3.63, 3.8) is 0 Å². The first-order valence-electron chi connectivity index (χ1n) is 7.77. The third-order valence-electron chi connectivity index (χ3n) is 3.85. The minimum Gasteiger partial charge on any atom is -0.448 e. The number of carbonyl (C=O) groups is 2. The molecule has 4 rings (SSSR count). The molecule has 4 aromatic rings. The van der Waals surface area contributed by atoms with Crippen molar-refractivity contribution >= 4 is 56.5 Å². The fraction of sp³-hybridized carbons (Fsp3) is 0.125. The quantitative estimate of drug-likeness (QED) is 0.450. The van der Waals surface area contributed by atoms with Gasteiger partial charge in [0.15, 0.2) is 21.9 Å². The molecule has 27 heavy (non-hydrogen) atoms. The van der Waals surface area contributed by atoms with Crippen molar-refractivity contribution in [2.75, 3.05) is 5.32 Å². The number of carbonyl (C=O) groups excluding carboxylic acids is 2. The number of nitrogens with zero attached hydrogens (tertiary/aromatic N) is 2. The van der Waals surface area contributed by atoms with E-state index >= 15 is 0 Å². The Labute approximate surface area is 159 Å². The smallest absolute Gasteiger partial charge is 0.359 e. The van der Waals surface area contributed by atoms with Crippen LogP contribution in [0.1, 0.15) is 17.4 Å². The highest BCUT2D eigenvalue weighted by Gasteiger charge is 2.25. The molecular formula is C16H12ClN5O4S. The van der Waals surface area contributed by atoms with Crippen molar-refractivity contribution in [2.24, 2.45) is 0 Å². The van der Waals surface area contributed by atoms with Crippen LogP contribution in [0, 0.1) is 0 Å². The van der Waals surface area contributed by atoms with Crippen LogP contribution < -0.4 is 11.0 Å². The molecule has 3 heterocycles. The van der Waals surface area contributed by atoms with Crippen molar-refractivity contribution in [3.8, 4) is 0 Å². The number of halogens is 1. The lowest BCUT2D eigenvalue weighted by atomic mass is 10.2. The Morgan fingerprint density at radius 3 is 2.93 bits per heavy atom. The summed E-state index contributed by atoms with van der Waals surface area (Å²) in [4.78, 5) is 45.8. The summed E-state index contributed by atoms with van der Waals surface area (Å²) in [5, 5.41) is 4.41. The van der Waals surface area contributed by atoms with Gasteiger partial charge in [0.05, 0.1) is 11.0 Å². The molecule has 0 saturated heterocycles. The summed E-state index contributed by atoms with van der Waals surface area (Å²) in [5.74, 6) is -1.28. The topological polar surface area (TPSA) is 121 Å². The number of amides is 1. The van der Waals surface area contributed by atoms with Crippen LogP contribution in [0.25, 0.3) is 16.0 Å². The second kappa shape index (κ2) is 6.56. The molecule has 11 heteroatoms. The molecule has 0 saturated carbocycles. The van der Waals surface area contributed by atoms with Gasteiger partial charge < -0.3 is 20.0 Å². The first-order valence-corrected chi connectivity index (χ1v) is 9.03. The number of hydrogen-bond acceptors (Lipinski definition) is 6.